The number of tetrazole rings is 1. The van der Waals surface area contributed by atoms with Crippen LogP contribution >= 0.6 is 11.3 Å². The fourth-order valence-electron chi connectivity index (χ4n) is 4.41. The van der Waals surface area contributed by atoms with E-state index in [2.05, 4.69) is 38.1 Å². The van der Waals surface area contributed by atoms with Crippen molar-refractivity contribution in [3.63, 3.8) is 0 Å². The minimum atomic E-state index is -0.359. The third kappa shape index (κ3) is 4.54. The number of rotatable bonds is 7. The molecule has 0 unspecified atom stereocenters. The van der Waals surface area contributed by atoms with Crippen molar-refractivity contribution in [1.82, 2.24) is 20.6 Å². The molecule has 5 rings (SSSR count). The number of benzene rings is 2. The second-order valence-electron chi connectivity index (χ2n) is 8.37. The Hall–Kier alpha value is -3.46. The first-order valence-corrected chi connectivity index (χ1v) is 11.8. The van der Waals surface area contributed by atoms with Gasteiger partial charge in [-0.05, 0) is 59.9 Å². The molecular formula is C24H25N5O3S. The number of hydrogen-bond acceptors (Lipinski definition) is 7. The molecular weight excluding hydrogens is 438 g/mol. The number of aromatic nitrogens is 4. The van der Waals surface area contributed by atoms with Gasteiger partial charge in [0, 0.05) is 10.1 Å². The molecule has 2 N–H and O–H groups in total. The Morgan fingerprint density at radius 3 is 2.70 bits per heavy atom. The number of amides is 1. The minimum Gasteiger partial charge on any atom is -0.496 e. The molecule has 0 aliphatic heterocycles. The summed E-state index contributed by atoms with van der Waals surface area (Å²) >= 11 is 1.35. The number of nitrogens with one attached hydrogen (secondary N) is 2. The first kappa shape index (κ1) is 21.4. The minimum absolute atomic E-state index is 0.105. The summed E-state index contributed by atoms with van der Waals surface area (Å²) in [5, 5.41) is 16.9. The van der Waals surface area contributed by atoms with Crippen molar-refractivity contribution < 1.29 is 14.3 Å². The standard InChI is InChI=1S/C24H25N5O3S/c1-14-11-20-18(13-19(14)31-2)21(22(33-20)23(30)25-24-26-28-29-27-24)32-17-9-7-16(8-10-17)12-15-5-3-4-6-15/h7-11,13,15H,3-6,12H2,1-2H3,(H2,25,26,27,28,29,30). The van der Waals surface area contributed by atoms with Gasteiger partial charge in [0.2, 0.25) is 0 Å². The number of hydrogen-bond donors (Lipinski definition) is 2. The lowest BCUT2D eigenvalue weighted by Crippen LogP contribution is -2.12. The van der Waals surface area contributed by atoms with Crippen LogP contribution in [-0.4, -0.2) is 33.6 Å². The van der Waals surface area contributed by atoms with E-state index < -0.39 is 0 Å². The van der Waals surface area contributed by atoms with E-state index in [9.17, 15) is 4.79 Å². The monoisotopic (exact) mass is 463 g/mol. The summed E-state index contributed by atoms with van der Waals surface area (Å²) < 4.78 is 12.7. The maximum Gasteiger partial charge on any atom is 0.272 e. The predicted molar refractivity (Wildman–Crippen MR) is 127 cm³/mol. The number of carbonyl (C=O) groups excluding carboxylic acids is 1. The zero-order valence-electron chi connectivity index (χ0n) is 18.6. The Morgan fingerprint density at radius 1 is 1.21 bits per heavy atom. The number of ether oxygens (including phenoxy) is 2. The molecule has 8 nitrogen and oxygen atoms in total. The lowest BCUT2D eigenvalue weighted by Gasteiger charge is -2.11. The lowest BCUT2D eigenvalue weighted by molar-refractivity contribution is 0.102. The van der Waals surface area contributed by atoms with Crippen LogP contribution in [0.15, 0.2) is 36.4 Å². The van der Waals surface area contributed by atoms with Crippen molar-refractivity contribution in [2.45, 2.75) is 39.0 Å². The van der Waals surface area contributed by atoms with E-state index in [0.717, 1.165) is 33.7 Å². The number of aromatic amines is 1. The van der Waals surface area contributed by atoms with Gasteiger partial charge in [-0.1, -0.05) is 42.9 Å². The predicted octanol–water partition coefficient (Wildman–Crippen LogP) is 5.51. The van der Waals surface area contributed by atoms with Crippen molar-refractivity contribution in [1.29, 1.82) is 0 Å². The largest absolute Gasteiger partial charge is 0.496 e. The molecule has 1 amide bonds. The molecule has 1 aliphatic carbocycles. The van der Waals surface area contributed by atoms with Gasteiger partial charge in [0.25, 0.3) is 11.9 Å². The lowest BCUT2D eigenvalue weighted by atomic mass is 9.98. The molecule has 2 aromatic carbocycles. The Labute approximate surface area is 195 Å². The van der Waals surface area contributed by atoms with E-state index in [4.69, 9.17) is 9.47 Å². The number of H-pyrrole nitrogens is 1. The second-order valence-corrected chi connectivity index (χ2v) is 9.42. The number of nitrogens with zero attached hydrogens (tertiary/aromatic N) is 3. The maximum atomic E-state index is 13.0. The Balaban J connectivity index is 1.47. The van der Waals surface area contributed by atoms with Crippen LogP contribution in [0.2, 0.25) is 0 Å². The quantitative estimate of drug-likeness (QED) is 0.375. The smallest absolute Gasteiger partial charge is 0.272 e. The third-order valence-electron chi connectivity index (χ3n) is 6.08. The zero-order valence-corrected chi connectivity index (χ0v) is 19.4. The van der Waals surface area contributed by atoms with Gasteiger partial charge in [0.05, 0.1) is 7.11 Å². The summed E-state index contributed by atoms with van der Waals surface area (Å²) in [6, 6.07) is 12.1. The highest BCUT2D eigenvalue weighted by atomic mass is 32.1. The Morgan fingerprint density at radius 2 is 2.00 bits per heavy atom. The molecule has 0 bridgehead atoms. The zero-order chi connectivity index (χ0) is 22.8. The highest BCUT2D eigenvalue weighted by Crippen LogP contribution is 2.43. The first-order valence-electron chi connectivity index (χ1n) is 11.0. The summed E-state index contributed by atoms with van der Waals surface area (Å²) in [4.78, 5) is 13.5. The Kier molecular flexibility index (Phi) is 5.95. The summed E-state index contributed by atoms with van der Waals surface area (Å²) in [6.45, 7) is 1.97. The summed E-state index contributed by atoms with van der Waals surface area (Å²) in [5.74, 6) is 2.43. The molecule has 0 radical (unpaired) electrons. The average molecular weight is 464 g/mol. The van der Waals surface area contributed by atoms with Crippen molar-refractivity contribution in [3.05, 3.63) is 52.4 Å². The van der Waals surface area contributed by atoms with Gasteiger partial charge in [0.1, 0.15) is 16.4 Å². The second kappa shape index (κ2) is 9.19. The van der Waals surface area contributed by atoms with E-state index in [1.807, 2.05) is 31.2 Å². The molecule has 1 saturated carbocycles. The van der Waals surface area contributed by atoms with Crippen molar-refractivity contribution in [2.24, 2.45) is 5.92 Å². The number of methoxy groups -OCH3 is 1. The SMILES string of the molecule is COc1cc2c(Oc3ccc(CC4CCCC4)cc3)c(C(=O)Nc3nn[nH]n3)sc2cc1C. The van der Waals surface area contributed by atoms with Crippen LogP contribution in [0.25, 0.3) is 10.1 Å². The van der Waals surface area contributed by atoms with Crippen LogP contribution in [-0.2, 0) is 6.42 Å². The van der Waals surface area contributed by atoms with Gasteiger partial charge < -0.3 is 9.47 Å². The highest BCUT2D eigenvalue weighted by molar-refractivity contribution is 7.21. The van der Waals surface area contributed by atoms with Gasteiger partial charge >= 0.3 is 0 Å². The molecule has 0 saturated heterocycles. The van der Waals surface area contributed by atoms with Crippen LogP contribution in [0.3, 0.4) is 0 Å². The number of thiophene rings is 1. The molecule has 33 heavy (non-hydrogen) atoms. The summed E-state index contributed by atoms with van der Waals surface area (Å²) in [5.41, 5.74) is 2.30. The van der Waals surface area contributed by atoms with Crippen LogP contribution in [0.5, 0.6) is 17.2 Å². The van der Waals surface area contributed by atoms with Crippen molar-refractivity contribution in [2.75, 3.05) is 12.4 Å². The van der Waals surface area contributed by atoms with E-state index in [-0.39, 0.29) is 11.9 Å². The highest BCUT2D eigenvalue weighted by Gasteiger charge is 2.23. The molecule has 0 spiro atoms. The van der Waals surface area contributed by atoms with E-state index in [1.54, 1.807) is 7.11 Å². The molecule has 4 aromatic rings. The average Bonchev–Trinajstić information content (AvgIpc) is 3.57. The summed E-state index contributed by atoms with van der Waals surface area (Å²) in [7, 11) is 1.63. The van der Waals surface area contributed by atoms with Gasteiger partial charge in [-0.15, -0.1) is 16.4 Å². The van der Waals surface area contributed by atoms with E-state index in [1.165, 1.54) is 42.6 Å². The Bertz CT molecular complexity index is 1260. The van der Waals surface area contributed by atoms with Crippen LogP contribution < -0.4 is 14.8 Å². The third-order valence-corrected chi connectivity index (χ3v) is 7.21. The molecule has 2 heterocycles. The number of aryl methyl sites for hydroxylation is 1. The van der Waals surface area contributed by atoms with Gasteiger partial charge in [-0.2, -0.15) is 5.21 Å². The van der Waals surface area contributed by atoms with E-state index in [0.29, 0.717) is 16.4 Å². The summed E-state index contributed by atoms with van der Waals surface area (Å²) in [6.07, 6.45) is 6.43. The molecule has 9 heteroatoms. The van der Waals surface area contributed by atoms with Gasteiger partial charge in [0.15, 0.2) is 5.75 Å². The molecule has 2 aromatic heterocycles. The number of carbonyl (C=O) groups is 1. The number of fused-ring (bicyclic) bond motifs is 1. The first-order chi connectivity index (χ1) is 16.1. The van der Waals surface area contributed by atoms with E-state index >= 15 is 0 Å². The molecule has 1 aliphatic rings. The topological polar surface area (TPSA) is 102 Å². The van der Waals surface area contributed by atoms with Crippen LogP contribution in [0.4, 0.5) is 5.95 Å². The molecule has 0 atom stereocenters. The number of anilines is 1. The molecule has 170 valence electrons. The molecule has 1 fully saturated rings. The van der Waals surface area contributed by atoms with Gasteiger partial charge in [-0.25, -0.2) is 0 Å². The fraction of sp³-hybridized carbons (Fsp3) is 0.333. The van der Waals surface area contributed by atoms with Crippen LogP contribution in [0, 0.1) is 12.8 Å². The fourth-order valence-corrected chi connectivity index (χ4v) is 5.51. The van der Waals surface area contributed by atoms with Crippen molar-refractivity contribution in [3.8, 4) is 17.2 Å². The normalized spacial score (nSPS) is 14.0. The van der Waals surface area contributed by atoms with Crippen molar-refractivity contribution >= 4 is 33.3 Å². The van der Waals surface area contributed by atoms with Crippen LogP contribution in [0.1, 0.15) is 46.5 Å². The maximum absolute atomic E-state index is 13.0. The van der Waals surface area contributed by atoms with Gasteiger partial charge in [-0.3, -0.25) is 10.1 Å².